The third-order valence-corrected chi connectivity index (χ3v) is 6.32. The minimum atomic E-state index is 0.764. The normalized spacial score (nSPS) is 38.6. The summed E-state index contributed by atoms with van der Waals surface area (Å²) < 4.78 is 0. The van der Waals surface area contributed by atoms with Gasteiger partial charge in [-0.1, -0.05) is 19.8 Å². The molecule has 21 heavy (non-hydrogen) atoms. The smallest absolute Gasteiger partial charge is 0.0224 e. The zero-order valence-corrected chi connectivity index (χ0v) is 14.2. The van der Waals surface area contributed by atoms with Crippen LogP contribution in [0.3, 0.4) is 0 Å². The van der Waals surface area contributed by atoms with Gasteiger partial charge in [-0.15, -0.1) is 0 Å². The van der Waals surface area contributed by atoms with Crippen LogP contribution < -0.4 is 5.32 Å². The molecule has 1 aliphatic carbocycles. The van der Waals surface area contributed by atoms with E-state index in [1.165, 1.54) is 77.7 Å². The molecule has 0 aromatic carbocycles. The van der Waals surface area contributed by atoms with Crippen molar-refractivity contribution in [2.45, 2.75) is 64.0 Å². The lowest BCUT2D eigenvalue weighted by Crippen LogP contribution is -2.53. The van der Waals surface area contributed by atoms with Crippen molar-refractivity contribution in [2.75, 3.05) is 39.8 Å². The third kappa shape index (κ3) is 3.80. The lowest BCUT2D eigenvalue weighted by Gasteiger charge is -2.43. The van der Waals surface area contributed by atoms with Crippen LogP contribution in [-0.2, 0) is 0 Å². The molecule has 3 heteroatoms. The van der Waals surface area contributed by atoms with Gasteiger partial charge in [0.25, 0.3) is 0 Å². The number of fused-ring (bicyclic) bond motifs is 1. The van der Waals surface area contributed by atoms with Gasteiger partial charge in [-0.05, 0) is 57.5 Å². The van der Waals surface area contributed by atoms with Gasteiger partial charge >= 0.3 is 0 Å². The summed E-state index contributed by atoms with van der Waals surface area (Å²) in [6.45, 7) is 9.02. The minimum Gasteiger partial charge on any atom is -0.317 e. The molecule has 0 amide bonds. The second-order valence-electron chi connectivity index (χ2n) is 7.71. The van der Waals surface area contributed by atoms with Crippen LogP contribution in [0.2, 0.25) is 0 Å². The summed E-state index contributed by atoms with van der Waals surface area (Å²) in [6.07, 6.45) is 9.99. The van der Waals surface area contributed by atoms with E-state index >= 15 is 0 Å². The summed E-state index contributed by atoms with van der Waals surface area (Å²) in [5.74, 6) is 1.88. The van der Waals surface area contributed by atoms with Crippen LogP contribution in [0, 0.1) is 11.8 Å². The van der Waals surface area contributed by atoms with Gasteiger partial charge in [0.2, 0.25) is 0 Å². The Morgan fingerprint density at radius 1 is 1.10 bits per heavy atom. The van der Waals surface area contributed by atoms with E-state index in [9.17, 15) is 0 Å². The zero-order valence-electron chi connectivity index (χ0n) is 14.2. The molecule has 2 saturated heterocycles. The van der Waals surface area contributed by atoms with Crippen LogP contribution in [0.5, 0.6) is 0 Å². The molecule has 0 bridgehead atoms. The molecule has 0 aromatic heterocycles. The van der Waals surface area contributed by atoms with Crippen LogP contribution >= 0.6 is 0 Å². The number of hydrogen-bond acceptors (Lipinski definition) is 3. The maximum absolute atomic E-state index is 3.62. The first-order chi connectivity index (χ1) is 10.3. The molecule has 122 valence electrons. The van der Waals surface area contributed by atoms with Crippen molar-refractivity contribution < 1.29 is 0 Å². The zero-order chi connectivity index (χ0) is 14.7. The summed E-state index contributed by atoms with van der Waals surface area (Å²) in [5.41, 5.74) is 0. The largest absolute Gasteiger partial charge is 0.317 e. The average molecular weight is 293 g/mol. The fourth-order valence-corrected chi connectivity index (χ4v) is 5.17. The Labute approximate surface area is 131 Å². The highest BCUT2D eigenvalue weighted by molar-refractivity contribution is 4.91. The van der Waals surface area contributed by atoms with Crippen LogP contribution in [0.1, 0.15) is 51.9 Å². The molecule has 0 spiro atoms. The molecule has 3 fully saturated rings. The predicted molar refractivity (Wildman–Crippen MR) is 89.6 cm³/mol. The fraction of sp³-hybridized carbons (Fsp3) is 1.00. The fourth-order valence-electron chi connectivity index (χ4n) is 5.17. The summed E-state index contributed by atoms with van der Waals surface area (Å²) in [5, 5.41) is 3.62. The van der Waals surface area contributed by atoms with Crippen LogP contribution in [-0.4, -0.2) is 61.7 Å². The summed E-state index contributed by atoms with van der Waals surface area (Å²) in [6, 6.07) is 1.64. The molecule has 4 atom stereocenters. The van der Waals surface area contributed by atoms with Crippen LogP contribution in [0.15, 0.2) is 0 Å². The number of rotatable bonds is 5. The number of hydrogen-bond donors (Lipinski definition) is 1. The molecule has 3 rings (SSSR count). The van der Waals surface area contributed by atoms with Gasteiger partial charge in [-0.25, -0.2) is 0 Å². The van der Waals surface area contributed by atoms with Crippen molar-refractivity contribution in [1.82, 2.24) is 15.1 Å². The molecule has 3 aliphatic rings. The van der Waals surface area contributed by atoms with Crippen molar-refractivity contribution in [3.63, 3.8) is 0 Å². The molecule has 1 N–H and O–H groups in total. The summed E-state index contributed by atoms with van der Waals surface area (Å²) in [4.78, 5) is 5.52. The molecule has 4 unspecified atom stereocenters. The highest BCUT2D eigenvalue weighted by Gasteiger charge is 2.34. The molecule has 0 radical (unpaired) electrons. The summed E-state index contributed by atoms with van der Waals surface area (Å²) >= 11 is 0. The van der Waals surface area contributed by atoms with E-state index in [2.05, 4.69) is 29.1 Å². The first-order valence-corrected chi connectivity index (χ1v) is 9.43. The first kappa shape index (κ1) is 15.8. The van der Waals surface area contributed by atoms with E-state index in [-0.39, 0.29) is 0 Å². The minimum absolute atomic E-state index is 0.764. The average Bonchev–Trinajstić information content (AvgIpc) is 2.95. The Morgan fingerprint density at radius 3 is 2.81 bits per heavy atom. The monoisotopic (exact) mass is 293 g/mol. The van der Waals surface area contributed by atoms with E-state index < -0.39 is 0 Å². The van der Waals surface area contributed by atoms with Crippen molar-refractivity contribution in [3.8, 4) is 0 Å². The number of piperazine rings is 1. The Bertz CT molecular complexity index is 320. The third-order valence-electron chi connectivity index (χ3n) is 6.32. The van der Waals surface area contributed by atoms with Gasteiger partial charge in [0.15, 0.2) is 0 Å². The highest BCUT2D eigenvalue weighted by atomic mass is 15.3. The highest BCUT2D eigenvalue weighted by Crippen LogP contribution is 2.33. The molecule has 1 saturated carbocycles. The summed E-state index contributed by atoms with van der Waals surface area (Å²) in [7, 11) is 2.17. The van der Waals surface area contributed by atoms with E-state index in [0.29, 0.717) is 0 Å². The molecule has 2 aliphatic heterocycles. The Hall–Kier alpha value is -0.120. The molecule has 3 nitrogen and oxygen atoms in total. The second kappa shape index (κ2) is 7.43. The second-order valence-corrected chi connectivity index (χ2v) is 7.71. The number of nitrogens with one attached hydrogen (secondary N) is 1. The maximum atomic E-state index is 3.62. The van der Waals surface area contributed by atoms with Gasteiger partial charge < -0.3 is 10.2 Å². The predicted octanol–water partition coefficient (Wildman–Crippen LogP) is 2.57. The van der Waals surface area contributed by atoms with Gasteiger partial charge in [0.1, 0.15) is 0 Å². The van der Waals surface area contributed by atoms with E-state index in [0.717, 1.165) is 23.9 Å². The molecular formula is C18H35N3. The molecular weight excluding hydrogens is 258 g/mol. The van der Waals surface area contributed by atoms with Crippen molar-refractivity contribution in [2.24, 2.45) is 11.8 Å². The van der Waals surface area contributed by atoms with Gasteiger partial charge in [-0.3, -0.25) is 4.90 Å². The van der Waals surface area contributed by atoms with E-state index in [1.807, 2.05) is 0 Å². The topological polar surface area (TPSA) is 18.5 Å². The van der Waals surface area contributed by atoms with Crippen molar-refractivity contribution >= 4 is 0 Å². The Morgan fingerprint density at radius 2 is 2.00 bits per heavy atom. The maximum Gasteiger partial charge on any atom is 0.0224 e. The van der Waals surface area contributed by atoms with Crippen molar-refractivity contribution in [1.29, 1.82) is 0 Å². The van der Waals surface area contributed by atoms with E-state index in [1.54, 1.807) is 0 Å². The first-order valence-electron chi connectivity index (χ1n) is 9.43. The van der Waals surface area contributed by atoms with E-state index in [4.69, 9.17) is 0 Å². The van der Waals surface area contributed by atoms with Crippen LogP contribution in [0.25, 0.3) is 0 Å². The quantitative estimate of drug-likeness (QED) is 0.840. The Kier molecular flexibility index (Phi) is 5.58. The molecule has 0 aromatic rings. The lowest BCUT2D eigenvalue weighted by molar-refractivity contribution is 0.0702. The lowest BCUT2D eigenvalue weighted by atomic mass is 9.76. The van der Waals surface area contributed by atoms with Crippen molar-refractivity contribution in [3.05, 3.63) is 0 Å². The van der Waals surface area contributed by atoms with Crippen LogP contribution in [0.4, 0.5) is 0 Å². The molecule has 2 heterocycles. The standard InChI is InChI=1S/C18H35N3/c1-3-5-15-7-8-18(19-2)16(12-15)13-20-10-11-21-9-4-6-17(21)14-20/h15-19H,3-14H2,1-2H3. The van der Waals surface area contributed by atoms with Gasteiger partial charge in [0.05, 0.1) is 0 Å². The SMILES string of the molecule is CCCC1CCC(NC)C(CN2CCN3CCCC3C2)C1. The van der Waals surface area contributed by atoms with Gasteiger partial charge in [0, 0.05) is 38.3 Å². The Balaban J connectivity index is 1.53. The number of nitrogens with zero attached hydrogens (tertiary/aromatic N) is 2. The van der Waals surface area contributed by atoms with Gasteiger partial charge in [-0.2, -0.15) is 0 Å².